The minimum atomic E-state index is -0.245. The number of hydrogen-bond donors (Lipinski definition) is 4. The highest BCUT2D eigenvalue weighted by atomic mass is 35.5. The zero-order valence-electron chi connectivity index (χ0n) is 14.3. The van der Waals surface area contributed by atoms with Gasteiger partial charge < -0.3 is 21.3 Å². The molecular formula is C18H17ClN4O2S2. The predicted octanol–water partition coefficient (Wildman–Crippen LogP) is 3.23. The van der Waals surface area contributed by atoms with Gasteiger partial charge in [0, 0.05) is 23.3 Å². The van der Waals surface area contributed by atoms with Gasteiger partial charge in [0.25, 0.3) is 0 Å². The number of anilines is 2. The number of benzene rings is 2. The molecule has 2 aromatic rings. The minimum absolute atomic E-state index is 0.197. The van der Waals surface area contributed by atoms with Crippen LogP contribution in [-0.4, -0.2) is 22.0 Å². The molecule has 0 aromatic heterocycles. The summed E-state index contributed by atoms with van der Waals surface area (Å²) in [5.74, 6) is -0.473. The molecule has 0 aliphatic heterocycles. The fourth-order valence-corrected chi connectivity index (χ4v) is 2.70. The second kappa shape index (κ2) is 9.96. The number of halogens is 1. The molecule has 0 spiro atoms. The molecule has 0 aliphatic carbocycles. The summed E-state index contributed by atoms with van der Waals surface area (Å²) >= 11 is 16.0. The molecule has 27 heavy (non-hydrogen) atoms. The van der Waals surface area contributed by atoms with E-state index >= 15 is 0 Å². The highest BCUT2D eigenvalue weighted by molar-refractivity contribution is 7.80. The van der Waals surface area contributed by atoms with Crippen molar-refractivity contribution in [3.8, 4) is 0 Å². The lowest BCUT2D eigenvalue weighted by atomic mass is 10.1. The molecule has 2 rings (SSSR count). The van der Waals surface area contributed by atoms with Gasteiger partial charge in [-0.05, 0) is 66.4 Å². The van der Waals surface area contributed by atoms with Gasteiger partial charge in [-0.15, -0.1) is 0 Å². The zero-order chi connectivity index (χ0) is 19.8. The predicted molar refractivity (Wildman–Crippen MR) is 116 cm³/mol. The molecule has 0 unspecified atom stereocenters. The van der Waals surface area contributed by atoms with Crippen molar-refractivity contribution in [2.45, 2.75) is 13.3 Å². The summed E-state index contributed by atoms with van der Waals surface area (Å²) in [6.07, 6.45) is 0.197. The molecule has 2 amide bonds. The smallest absolute Gasteiger partial charge is 0.230 e. The zero-order valence-corrected chi connectivity index (χ0v) is 16.7. The molecule has 0 aliphatic rings. The van der Waals surface area contributed by atoms with Crippen LogP contribution in [0.4, 0.5) is 11.4 Å². The first kappa shape index (κ1) is 20.8. The maximum atomic E-state index is 12.0. The normalized spacial score (nSPS) is 9.85. The minimum Gasteiger partial charge on any atom is -0.332 e. The number of carbonyl (C=O) groups is 2. The Hall–Kier alpha value is -2.55. The van der Waals surface area contributed by atoms with Crippen LogP contribution in [0.3, 0.4) is 0 Å². The molecule has 6 nitrogen and oxygen atoms in total. The fourth-order valence-electron chi connectivity index (χ4n) is 2.08. The molecule has 0 radical (unpaired) electrons. The Kier molecular flexibility index (Phi) is 7.66. The van der Waals surface area contributed by atoms with Gasteiger partial charge in [0.1, 0.15) is 0 Å². The lowest BCUT2D eigenvalue weighted by Crippen LogP contribution is -2.35. The van der Waals surface area contributed by atoms with Crippen molar-refractivity contribution >= 4 is 69.5 Å². The van der Waals surface area contributed by atoms with Gasteiger partial charge >= 0.3 is 0 Å². The standard InChI is InChI=1S/C18H17ClN4O2S2/c1-11(24)20-17(26)21-14-6-8-15(9-7-14)22-18(27)23-16(25)10-12-2-4-13(19)5-3-12/h2-9H,10H2,1H3,(H2,20,21,24,26)(H2,22,23,25,27). The van der Waals surface area contributed by atoms with Gasteiger partial charge in [0.05, 0.1) is 6.42 Å². The van der Waals surface area contributed by atoms with Gasteiger partial charge in [-0.25, -0.2) is 0 Å². The third-order valence-corrected chi connectivity index (χ3v) is 3.88. The maximum absolute atomic E-state index is 12.0. The van der Waals surface area contributed by atoms with Crippen LogP contribution in [0.15, 0.2) is 48.5 Å². The molecule has 0 fully saturated rings. The molecular weight excluding hydrogens is 404 g/mol. The second-order valence-electron chi connectivity index (χ2n) is 5.52. The van der Waals surface area contributed by atoms with Crippen molar-refractivity contribution in [2.75, 3.05) is 10.6 Å². The second-order valence-corrected chi connectivity index (χ2v) is 6.77. The molecule has 0 saturated carbocycles. The molecule has 0 bridgehead atoms. The summed E-state index contributed by atoms with van der Waals surface area (Å²) in [4.78, 5) is 23.0. The van der Waals surface area contributed by atoms with Gasteiger partial charge in [0.15, 0.2) is 10.2 Å². The van der Waals surface area contributed by atoms with Crippen LogP contribution in [0.1, 0.15) is 12.5 Å². The van der Waals surface area contributed by atoms with Gasteiger partial charge in [-0.2, -0.15) is 0 Å². The van der Waals surface area contributed by atoms with E-state index in [1.54, 1.807) is 48.5 Å². The summed E-state index contributed by atoms with van der Waals surface area (Å²) in [5, 5.41) is 11.9. The topological polar surface area (TPSA) is 82.3 Å². The number of thiocarbonyl (C=S) groups is 2. The van der Waals surface area contributed by atoms with E-state index in [2.05, 4.69) is 21.3 Å². The average Bonchev–Trinajstić information content (AvgIpc) is 2.58. The van der Waals surface area contributed by atoms with E-state index in [1.165, 1.54) is 6.92 Å². The highest BCUT2D eigenvalue weighted by Crippen LogP contribution is 2.13. The molecule has 2 aromatic carbocycles. The lowest BCUT2D eigenvalue weighted by Gasteiger charge is -2.11. The summed E-state index contributed by atoms with van der Waals surface area (Å²) in [6.45, 7) is 1.38. The van der Waals surface area contributed by atoms with Crippen molar-refractivity contribution in [1.82, 2.24) is 10.6 Å². The SMILES string of the molecule is CC(=O)NC(=S)Nc1ccc(NC(=S)NC(=O)Cc2ccc(Cl)cc2)cc1. The van der Waals surface area contributed by atoms with Gasteiger partial charge in [-0.1, -0.05) is 23.7 Å². The van der Waals surface area contributed by atoms with E-state index in [0.717, 1.165) is 5.56 Å². The Labute approximate surface area is 172 Å². The van der Waals surface area contributed by atoms with E-state index in [0.29, 0.717) is 16.4 Å². The number of nitrogens with one attached hydrogen (secondary N) is 4. The van der Waals surface area contributed by atoms with Crippen LogP contribution in [0, 0.1) is 0 Å². The Morgan fingerprint density at radius 2 is 1.33 bits per heavy atom. The Bertz CT molecular complexity index is 855. The van der Waals surface area contributed by atoms with Gasteiger partial charge in [0.2, 0.25) is 11.8 Å². The quantitative estimate of drug-likeness (QED) is 0.568. The first-order valence-electron chi connectivity index (χ1n) is 7.86. The van der Waals surface area contributed by atoms with Crippen LogP contribution < -0.4 is 21.3 Å². The summed E-state index contributed by atoms with van der Waals surface area (Å²) in [7, 11) is 0. The average molecular weight is 421 g/mol. The largest absolute Gasteiger partial charge is 0.332 e. The first-order chi connectivity index (χ1) is 12.8. The molecule has 0 atom stereocenters. The van der Waals surface area contributed by atoms with E-state index < -0.39 is 0 Å². The molecule has 0 heterocycles. The Balaban J connectivity index is 1.82. The van der Waals surface area contributed by atoms with E-state index in [-0.39, 0.29) is 28.5 Å². The maximum Gasteiger partial charge on any atom is 0.230 e. The summed E-state index contributed by atoms with van der Waals surface area (Å²) in [6, 6.07) is 14.1. The third kappa shape index (κ3) is 7.69. The third-order valence-electron chi connectivity index (χ3n) is 3.22. The van der Waals surface area contributed by atoms with Crippen LogP contribution in [-0.2, 0) is 16.0 Å². The van der Waals surface area contributed by atoms with Crippen LogP contribution in [0.25, 0.3) is 0 Å². The lowest BCUT2D eigenvalue weighted by molar-refractivity contribution is -0.119. The van der Waals surface area contributed by atoms with Crippen molar-refractivity contribution in [3.63, 3.8) is 0 Å². The molecule has 140 valence electrons. The summed E-state index contributed by atoms with van der Waals surface area (Å²) < 4.78 is 0. The molecule has 4 N–H and O–H groups in total. The van der Waals surface area contributed by atoms with E-state index in [9.17, 15) is 9.59 Å². The fraction of sp³-hybridized carbons (Fsp3) is 0.111. The Morgan fingerprint density at radius 3 is 1.81 bits per heavy atom. The van der Waals surface area contributed by atoms with E-state index in [1.807, 2.05) is 0 Å². The first-order valence-corrected chi connectivity index (χ1v) is 9.05. The van der Waals surface area contributed by atoms with Crippen molar-refractivity contribution < 1.29 is 9.59 Å². The van der Waals surface area contributed by atoms with Crippen molar-refractivity contribution in [1.29, 1.82) is 0 Å². The van der Waals surface area contributed by atoms with Crippen molar-refractivity contribution in [2.24, 2.45) is 0 Å². The van der Waals surface area contributed by atoms with Crippen LogP contribution >= 0.6 is 36.0 Å². The number of amides is 2. The van der Waals surface area contributed by atoms with Crippen molar-refractivity contribution in [3.05, 3.63) is 59.1 Å². The number of rotatable bonds is 4. The van der Waals surface area contributed by atoms with E-state index in [4.69, 9.17) is 36.0 Å². The van der Waals surface area contributed by atoms with Crippen LogP contribution in [0.5, 0.6) is 0 Å². The van der Waals surface area contributed by atoms with Gasteiger partial charge in [-0.3, -0.25) is 9.59 Å². The molecule has 9 heteroatoms. The summed E-state index contributed by atoms with van der Waals surface area (Å²) in [5.41, 5.74) is 2.24. The Morgan fingerprint density at radius 1 is 0.852 bits per heavy atom. The molecule has 0 saturated heterocycles. The monoisotopic (exact) mass is 420 g/mol. The van der Waals surface area contributed by atoms with Crippen LogP contribution in [0.2, 0.25) is 5.02 Å². The highest BCUT2D eigenvalue weighted by Gasteiger charge is 2.07. The number of hydrogen-bond acceptors (Lipinski definition) is 4. The number of carbonyl (C=O) groups excluding carboxylic acids is 2.